The molecule has 0 bridgehead atoms. The first-order chi connectivity index (χ1) is 5.70. The van der Waals surface area contributed by atoms with E-state index >= 15 is 0 Å². The number of rotatable bonds is 0. The summed E-state index contributed by atoms with van der Waals surface area (Å²) >= 11 is 3.13. The van der Waals surface area contributed by atoms with Crippen LogP contribution in [-0.4, -0.2) is 9.97 Å². The zero-order valence-electron chi connectivity index (χ0n) is 6.36. The van der Waals surface area contributed by atoms with E-state index in [1.54, 1.807) is 19.3 Å². The molecule has 0 saturated heterocycles. The van der Waals surface area contributed by atoms with Crippen LogP contribution >= 0.6 is 15.9 Å². The molecule has 1 aromatic heterocycles. The summed E-state index contributed by atoms with van der Waals surface area (Å²) in [6.07, 6.45) is 1.56. The number of nitrogens with one attached hydrogen (secondary N) is 1. The van der Waals surface area contributed by atoms with Gasteiger partial charge in [-0.05, 0) is 28.9 Å². The lowest BCUT2D eigenvalue weighted by atomic mass is 10.2. The van der Waals surface area contributed by atoms with Gasteiger partial charge in [-0.3, -0.25) is 0 Å². The second-order valence-electron chi connectivity index (χ2n) is 2.60. The van der Waals surface area contributed by atoms with Crippen LogP contribution in [0.3, 0.4) is 0 Å². The quantitative estimate of drug-likeness (QED) is 0.739. The Morgan fingerprint density at radius 2 is 2.33 bits per heavy atom. The van der Waals surface area contributed by atoms with Crippen LogP contribution in [0.2, 0.25) is 0 Å². The molecule has 0 amide bonds. The van der Waals surface area contributed by atoms with Crippen LogP contribution in [0, 0.1) is 12.7 Å². The fourth-order valence-electron chi connectivity index (χ4n) is 1.19. The Kier molecular flexibility index (Phi) is 1.65. The first-order valence-electron chi connectivity index (χ1n) is 3.48. The number of H-pyrrole nitrogens is 1. The molecule has 0 aliphatic rings. The van der Waals surface area contributed by atoms with Gasteiger partial charge in [0.1, 0.15) is 5.82 Å². The van der Waals surface area contributed by atoms with E-state index in [1.807, 2.05) is 0 Å². The molecule has 0 spiro atoms. The smallest absolute Gasteiger partial charge is 0.142 e. The minimum atomic E-state index is -0.241. The van der Waals surface area contributed by atoms with Gasteiger partial charge < -0.3 is 4.98 Å². The average molecular weight is 229 g/mol. The second kappa shape index (κ2) is 2.55. The van der Waals surface area contributed by atoms with Crippen molar-refractivity contribution in [2.75, 3.05) is 0 Å². The molecule has 1 heterocycles. The van der Waals surface area contributed by atoms with E-state index in [-0.39, 0.29) is 5.82 Å². The highest BCUT2D eigenvalue weighted by atomic mass is 79.9. The van der Waals surface area contributed by atoms with Crippen LogP contribution in [0.4, 0.5) is 4.39 Å². The number of aromatic nitrogens is 2. The van der Waals surface area contributed by atoms with Gasteiger partial charge in [0.25, 0.3) is 0 Å². The minimum Gasteiger partial charge on any atom is -0.345 e. The van der Waals surface area contributed by atoms with Gasteiger partial charge in [0, 0.05) is 5.56 Å². The molecule has 2 nitrogen and oxygen atoms in total. The van der Waals surface area contributed by atoms with Gasteiger partial charge >= 0.3 is 0 Å². The molecule has 0 aliphatic heterocycles. The standard InChI is InChI=1S/C8H6BrFN2/c1-4-7(10)5(9)2-6-8(4)12-3-11-6/h2-3H,1H3,(H,11,12). The summed E-state index contributed by atoms with van der Waals surface area (Å²) in [5.41, 5.74) is 2.11. The minimum absolute atomic E-state index is 0.241. The predicted molar refractivity (Wildman–Crippen MR) is 48.5 cm³/mol. The topological polar surface area (TPSA) is 28.7 Å². The van der Waals surface area contributed by atoms with Crippen molar-refractivity contribution < 1.29 is 4.39 Å². The van der Waals surface area contributed by atoms with Crippen molar-refractivity contribution in [1.82, 2.24) is 9.97 Å². The molecule has 0 atom stereocenters. The van der Waals surface area contributed by atoms with Crippen LogP contribution in [0.1, 0.15) is 5.56 Å². The first kappa shape index (κ1) is 7.73. The first-order valence-corrected chi connectivity index (χ1v) is 4.27. The molecule has 1 N–H and O–H groups in total. The lowest BCUT2D eigenvalue weighted by molar-refractivity contribution is 0.614. The van der Waals surface area contributed by atoms with E-state index in [0.29, 0.717) is 15.6 Å². The predicted octanol–water partition coefficient (Wildman–Crippen LogP) is 2.77. The van der Waals surface area contributed by atoms with Crippen molar-refractivity contribution in [3.05, 3.63) is 28.2 Å². The summed E-state index contributed by atoms with van der Waals surface area (Å²) in [5, 5.41) is 0. The number of fused-ring (bicyclic) bond motifs is 1. The van der Waals surface area contributed by atoms with Crippen LogP contribution in [-0.2, 0) is 0 Å². The van der Waals surface area contributed by atoms with Crippen molar-refractivity contribution in [3.63, 3.8) is 0 Å². The molecule has 0 unspecified atom stereocenters. The highest BCUT2D eigenvalue weighted by molar-refractivity contribution is 9.10. The number of aromatic amines is 1. The van der Waals surface area contributed by atoms with Gasteiger partial charge in [-0.25, -0.2) is 9.37 Å². The summed E-state index contributed by atoms with van der Waals surface area (Å²) in [4.78, 5) is 6.92. The molecule has 0 aliphatic carbocycles. The highest BCUT2D eigenvalue weighted by Gasteiger charge is 2.09. The van der Waals surface area contributed by atoms with Gasteiger partial charge in [0.15, 0.2) is 0 Å². The zero-order valence-corrected chi connectivity index (χ0v) is 7.94. The maximum Gasteiger partial charge on any atom is 0.142 e. The van der Waals surface area contributed by atoms with Crippen LogP contribution < -0.4 is 0 Å². The van der Waals surface area contributed by atoms with E-state index in [0.717, 1.165) is 5.52 Å². The molecule has 62 valence electrons. The Morgan fingerprint density at radius 3 is 3.08 bits per heavy atom. The van der Waals surface area contributed by atoms with Crippen LogP contribution in [0.25, 0.3) is 11.0 Å². The van der Waals surface area contributed by atoms with Gasteiger partial charge in [-0.2, -0.15) is 0 Å². The van der Waals surface area contributed by atoms with Gasteiger partial charge in [0.2, 0.25) is 0 Å². The Morgan fingerprint density at radius 1 is 1.58 bits per heavy atom. The SMILES string of the molecule is Cc1c(F)c(Br)cc2[nH]cnc12. The summed E-state index contributed by atoms with van der Waals surface area (Å²) in [7, 11) is 0. The second-order valence-corrected chi connectivity index (χ2v) is 3.45. The number of hydrogen-bond acceptors (Lipinski definition) is 1. The number of nitrogens with zero attached hydrogens (tertiary/aromatic N) is 1. The van der Waals surface area contributed by atoms with E-state index < -0.39 is 0 Å². The molecule has 2 rings (SSSR count). The maximum absolute atomic E-state index is 13.2. The van der Waals surface area contributed by atoms with E-state index in [2.05, 4.69) is 25.9 Å². The number of imidazole rings is 1. The molecule has 2 aromatic rings. The third-order valence-corrected chi connectivity index (χ3v) is 2.41. The van der Waals surface area contributed by atoms with Crippen molar-refractivity contribution in [2.45, 2.75) is 6.92 Å². The number of halogens is 2. The van der Waals surface area contributed by atoms with Crippen molar-refractivity contribution in [3.8, 4) is 0 Å². The Hall–Kier alpha value is -0.900. The average Bonchev–Trinajstić information content (AvgIpc) is 2.48. The summed E-state index contributed by atoms with van der Waals surface area (Å²) < 4.78 is 13.7. The molecule has 0 radical (unpaired) electrons. The lowest BCUT2D eigenvalue weighted by Crippen LogP contribution is -1.86. The molecule has 4 heteroatoms. The largest absolute Gasteiger partial charge is 0.345 e. The Balaban J connectivity index is 2.94. The highest BCUT2D eigenvalue weighted by Crippen LogP contribution is 2.25. The zero-order chi connectivity index (χ0) is 8.72. The molecule has 12 heavy (non-hydrogen) atoms. The van der Waals surface area contributed by atoms with Gasteiger partial charge in [-0.1, -0.05) is 0 Å². The molecule has 0 saturated carbocycles. The van der Waals surface area contributed by atoms with Crippen LogP contribution in [0.5, 0.6) is 0 Å². The number of hydrogen-bond donors (Lipinski definition) is 1. The Labute approximate surface area is 76.9 Å². The molecular weight excluding hydrogens is 223 g/mol. The van der Waals surface area contributed by atoms with Crippen molar-refractivity contribution >= 4 is 27.0 Å². The fraction of sp³-hybridized carbons (Fsp3) is 0.125. The number of benzene rings is 1. The van der Waals surface area contributed by atoms with Gasteiger partial charge in [-0.15, -0.1) is 0 Å². The number of aryl methyl sites for hydroxylation is 1. The molecular formula is C8H6BrFN2. The lowest BCUT2D eigenvalue weighted by Gasteiger charge is -1.99. The van der Waals surface area contributed by atoms with Crippen molar-refractivity contribution in [1.29, 1.82) is 0 Å². The summed E-state index contributed by atoms with van der Waals surface area (Å²) in [5.74, 6) is -0.241. The molecule has 1 aromatic carbocycles. The normalized spacial score (nSPS) is 10.9. The Bertz CT molecular complexity index is 436. The van der Waals surface area contributed by atoms with Crippen molar-refractivity contribution in [2.24, 2.45) is 0 Å². The third kappa shape index (κ3) is 0.948. The van der Waals surface area contributed by atoms with E-state index in [9.17, 15) is 4.39 Å². The maximum atomic E-state index is 13.2. The van der Waals surface area contributed by atoms with Crippen LogP contribution in [0.15, 0.2) is 16.9 Å². The van der Waals surface area contributed by atoms with Gasteiger partial charge in [0.05, 0.1) is 21.8 Å². The van der Waals surface area contributed by atoms with E-state index in [1.165, 1.54) is 0 Å². The fourth-order valence-corrected chi connectivity index (χ4v) is 1.71. The molecule has 0 fully saturated rings. The van der Waals surface area contributed by atoms with E-state index in [4.69, 9.17) is 0 Å². The summed E-state index contributed by atoms with van der Waals surface area (Å²) in [6.45, 7) is 1.71. The monoisotopic (exact) mass is 228 g/mol. The third-order valence-electron chi connectivity index (χ3n) is 1.83. The summed E-state index contributed by atoms with van der Waals surface area (Å²) in [6, 6.07) is 1.69.